The zero-order valence-corrected chi connectivity index (χ0v) is 10.3. The van der Waals surface area contributed by atoms with Crippen LogP contribution in [0.3, 0.4) is 0 Å². The van der Waals surface area contributed by atoms with E-state index in [0.29, 0.717) is 0 Å². The van der Waals surface area contributed by atoms with Gasteiger partial charge in [0.15, 0.2) is 0 Å². The van der Waals surface area contributed by atoms with Crippen molar-refractivity contribution in [2.45, 2.75) is 40.0 Å². The second kappa shape index (κ2) is 8.89. The smallest absolute Gasteiger partial charge is 0.000427 e. The number of rotatable bonds is 8. The third-order valence-corrected chi connectivity index (χ3v) is 2.52. The fourth-order valence-corrected chi connectivity index (χ4v) is 1.74. The number of nitrogens with zero attached hydrogens (tertiary/aromatic N) is 1. The van der Waals surface area contributed by atoms with Crippen LogP contribution < -0.4 is 0 Å². The molecule has 0 saturated carbocycles. The molecule has 0 aliphatic heterocycles. The molecule has 0 amide bonds. The lowest BCUT2D eigenvalue weighted by molar-refractivity contribution is 0.251. The molecule has 0 spiro atoms. The van der Waals surface area contributed by atoms with Gasteiger partial charge in [-0.3, -0.25) is 0 Å². The van der Waals surface area contributed by atoms with Gasteiger partial charge in [0.05, 0.1) is 0 Å². The Kier molecular flexibility index (Phi) is 9.10. The van der Waals surface area contributed by atoms with Gasteiger partial charge in [-0.2, -0.15) is 12.6 Å². The predicted octanol–water partition coefficient (Wildman–Crippen LogP) is 3.06. The van der Waals surface area contributed by atoms with Crippen molar-refractivity contribution >= 4 is 12.6 Å². The summed E-state index contributed by atoms with van der Waals surface area (Å²) in [6, 6.07) is 0. The van der Waals surface area contributed by atoms with Gasteiger partial charge in [0.2, 0.25) is 0 Å². The van der Waals surface area contributed by atoms with Gasteiger partial charge in [-0.15, -0.1) is 0 Å². The van der Waals surface area contributed by atoms with Crippen molar-refractivity contribution < 1.29 is 0 Å². The first kappa shape index (κ1) is 13.3. The van der Waals surface area contributed by atoms with Crippen LogP contribution >= 0.6 is 12.6 Å². The summed E-state index contributed by atoms with van der Waals surface area (Å²) in [7, 11) is 0. The normalized spacial score (nSPS) is 11.5. The summed E-state index contributed by atoms with van der Waals surface area (Å²) in [6.45, 7) is 10.5. The summed E-state index contributed by atoms with van der Waals surface area (Å²) in [4.78, 5) is 2.54. The van der Waals surface area contributed by atoms with Crippen molar-refractivity contribution in [1.29, 1.82) is 0 Å². The molecule has 0 heterocycles. The fraction of sp³-hybridized carbons (Fsp3) is 1.00. The van der Waals surface area contributed by atoms with Crippen LogP contribution in [0.4, 0.5) is 0 Å². The summed E-state index contributed by atoms with van der Waals surface area (Å²) < 4.78 is 0. The number of hydrogen-bond acceptors (Lipinski definition) is 2. The molecule has 0 saturated heterocycles. The summed E-state index contributed by atoms with van der Waals surface area (Å²) >= 11 is 4.21. The first-order valence-corrected chi connectivity index (χ1v) is 6.17. The number of hydrogen-bond donors (Lipinski definition) is 1. The minimum absolute atomic E-state index is 0.796. The highest BCUT2D eigenvalue weighted by molar-refractivity contribution is 7.80. The Balaban J connectivity index is 3.36. The van der Waals surface area contributed by atoms with Gasteiger partial charge in [0.1, 0.15) is 0 Å². The Morgan fingerprint density at radius 1 is 1.15 bits per heavy atom. The van der Waals surface area contributed by atoms with Crippen LogP contribution in [0.2, 0.25) is 0 Å². The summed E-state index contributed by atoms with van der Waals surface area (Å²) in [5.41, 5.74) is 0. The quantitative estimate of drug-likeness (QED) is 0.469. The van der Waals surface area contributed by atoms with E-state index in [4.69, 9.17) is 0 Å². The van der Waals surface area contributed by atoms with Crippen LogP contribution in [0, 0.1) is 5.92 Å². The molecular weight excluding hydrogens is 178 g/mol. The van der Waals surface area contributed by atoms with E-state index >= 15 is 0 Å². The molecule has 0 fully saturated rings. The van der Waals surface area contributed by atoms with E-state index in [0.717, 1.165) is 11.7 Å². The first-order chi connectivity index (χ1) is 6.20. The lowest BCUT2D eigenvalue weighted by Gasteiger charge is -2.22. The van der Waals surface area contributed by atoms with Gasteiger partial charge in [0.25, 0.3) is 0 Å². The molecule has 0 atom stereocenters. The van der Waals surface area contributed by atoms with Crippen LogP contribution in [0.1, 0.15) is 40.0 Å². The van der Waals surface area contributed by atoms with Gasteiger partial charge in [0, 0.05) is 6.54 Å². The minimum atomic E-state index is 0.796. The first-order valence-electron chi connectivity index (χ1n) is 5.53. The van der Waals surface area contributed by atoms with Crippen molar-refractivity contribution in [3.63, 3.8) is 0 Å². The maximum atomic E-state index is 4.21. The topological polar surface area (TPSA) is 3.24 Å². The molecule has 0 N–H and O–H groups in total. The largest absolute Gasteiger partial charge is 0.303 e. The van der Waals surface area contributed by atoms with Crippen molar-refractivity contribution in [2.24, 2.45) is 5.92 Å². The maximum absolute atomic E-state index is 4.21. The molecule has 1 nitrogen and oxygen atoms in total. The third kappa shape index (κ3) is 8.63. The molecule has 0 aromatic rings. The molecule has 0 unspecified atom stereocenters. The van der Waals surface area contributed by atoms with Crippen molar-refractivity contribution in [3.8, 4) is 0 Å². The Bertz CT molecular complexity index is 104. The van der Waals surface area contributed by atoms with E-state index in [-0.39, 0.29) is 0 Å². The Labute approximate surface area is 89.3 Å². The van der Waals surface area contributed by atoms with Crippen LogP contribution in [0.5, 0.6) is 0 Å². The van der Waals surface area contributed by atoms with Crippen LogP contribution in [-0.4, -0.2) is 30.3 Å². The van der Waals surface area contributed by atoms with Crippen molar-refractivity contribution in [1.82, 2.24) is 4.90 Å². The molecule has 13 heavy (non-hydrogen) atoms. The Morgan fingerprint density at radius 2 is 1.85 bits per heavy atom. The second-order valence-corrected chi connectivity index (χ2v) is 4.52. The molecule has 80 valence electrons. The van der Waals surface area contributed by atoms with Crippen molar-refractivity contribution in [3.05, 3.63) is 0 Å². The standard InChI is InChI=1S/C11H25NS/c1-4-12(10-11(2)3)8-6-5-7-9-13/h11,13H,4-10H2,1-3H3. The Hall–Kier alpha value is 0.310. The summed E-state index contributed by atoms with van der Waals surface area (Å²) in [6.07, 6.45) is 3.93. The predicted molar refractivity (Wildman–Crippen MR) is 64.7 cm³/mol. The van der Waals surface area contributed by atoms with Gasteiger partial charge in [-0.25, -0.2) is 0 Å². The zero-order chi connectivity index (χ0) is 10.1. The molecule has 2 heteroatoms. The van der Waals surface area contributed by atoms with E-state index in [2.05, 4.69) is 38.3 Å². The van der Waals surface area contributed by atoms with Gasteiger partial charge >= 0.3 is 0 Å². The second-order valence-electron chi connectivity index (χ2n) is 4.07. The highest BCUT2D eigenvalue weighted by Gasteiger charge is 2.03. The van der Waals surface area contributed by atoms with Crippen LogP contribution in [0.25, 0.3) is 0 Å². The van der Waals surface area contributed by atoms with E-state index in [9.17, 15) is 0 Å². The fourth-order valence-electron chi connectivity index (χ4n) is 1.52. The molecule has 0 aromatic carbocycles. The molecule has 0 aliphatic carbocycles. The third-order valence-electron chi connectivity index (χ3n) is 2.20. The molecule has 0 aliphatic rings. The molecule has 0 radical (unpaired) electrons. The monoisotopic (exact) mass is 203 g/mol. The van der Waals surface area contributed by atoms with E-state index in [1.165, 1.54) is 38.9 Å². The van der Waals surface area contributed by atoms with Crippen molar-refractivity contribution in [2.75, 3.05) is 25.4 Å². The molecular formula is C11H25NS. The summed E-state index contributed by atoms with van der Waals surface area (Å²) in [5.74, 6) is 1.83. The van der Waals surface area contributed by atoms with Gasteiger partial charge in [-0.05, 0) is 37.6 Å². The van der Waals surface area contributed by atoms with E-state index in [1.54, 1.807) is 0 Å². The highest BCUT2D eigenvalue weighted by atomic mass is 32.1. The highest BCUT2D eigenvalue weighted by Crippen LogP contribution is 2.03. The average Bonchev–Trinajstić information content (AvgIpc) is 2.09. The average molecular weight is 203 g/mol. The van der Waals surface area contributed by atoms with Crippen LogP contribution in [0.15, 0.2) is 0 Å². The number of thiol groups is 1. The van der Waals surface area contributed by atoms with Crippen LogP contribution in [-0.2, 0) is 0 Å². The zero-order valence-electron chi connectivity index (χ0n) is 9.42. The van der Waals surface area contributed by atoms with Gasteiger partial charge < -0.3 is 4.90 Å². The Morgan fingerprint density at radius 3 is 2.31 bits per heavy atom. The molecule has 0 aromatic heterocycles. The lowest BCUT2D eigenvalue weighted by atomic mass is 10.2. The minimum Gasteiger partial charge on any atom is -0.303 e. The number of unbranched alkanes of at least 4 members (excludes halogenated alkanes) is 2. The SMILES string of the molecule is CCN(CCCCCS)CC(C)C. The van der Waals surface area contributed by atoms with E-state index < -0.39 is 0 Å². The lowest BCUT2D eigenvalue weighted by Crippen LogP contribution is -2.28. The molecule has 0 rings (SSSR count). The summed E-state index contributed by atoms with van der Waals surface area (Å²) in [5, 5.41) is 0. The maximum Gasteiger partial charge on any atom is 0.000427 e. The van der Waals surface area contributed by atoms with Gasteiger partial charge in [-0.1, -0.05) is 27.2 Å². The molecule has 0 bridgehead atoms. The van der Waals surface area contributed by atoms with E-state index in [1.807, 2.05) is 0 Å².